The van der Waals surface area contributed by atoms with Crippen molar-refractivity contribution >= 4 is 11.9 Å². The van der Waals surface area contributed by atoms with Crippen molar-refractivity contribution in [2.75, 3.05) is 0 Å². The molecule has 0 radical (unpaired) electrons. The van der Waals surface area contributed by atoms with Gasteiger partial charge in [0.15, 0.2) is 93.4 Å². The lowest BCUT2D eigenvalue weighted by Gasteiger charge is -2.44. The highest BCUT2D eigenvalue weighted by Crippen LogP contribution is 2.63. The van der Waals surface area contributed by atoms with Crippen molar-refractivity contribution in [2.45, 2.75) is 54.9 Å². The van der Waals surface area contributed by atoms with Gasteiger partial charge in [0, 0.05) is 69.6 Å². The number of phenolic OH excluding ortho intramolecular Hbond substituents is 18. The van der Waals surface area contributed by atoms with E-state index >= 15 is 0 Å². The van der Waals surface area contributed by atoms with Crippen LogP contribution in [0.2, 0.25) is 0 Å². The number of aliphatic hydroxyl groups is 1. The van der Waals surface area contributed by atoms with Gasteiger partial charge in [0.05, 0.1) is 29.1 Å². The number of ether oxygens (including phenoxy) is 5. The molecule has 0 fully saturated rings. The zero-order valence-electron chi connectivity index (χ0n) is 43.0. The molecule has 438 valence electrons. The van der Waals surface area contributed by atoms with Gasteiger partial charge in [0.2, 0.25) is 0 Å². The number of esters is 2. The first-order valence-electron chi connectivity index (χ1n) is 25.2. The second-order valence-corrected chi connectivity index (χ2v) is 20.1. The molecule has 8 aromatic carbocycles. The van der Waals surface area contributed by atoms with Gasteiger partial charge in [0.25, 0.3) is 0 Å². The molecule has 8 atom stereocenters. The van der Waals surface area contributed by atoms with Crippen LogP contribution in [0.25, 0.3) is 0 Å². The normalized spacial score (nSPS) is 20.3. The van der Waals surface area contributed by atoms with E-state index in [0.717, 1.165) is 60.7 Å². The molecule has 19 N–H and O–H groups in total. The van der Waals surface area contributed by atoms with Crippen LogP contribution >= 0.6 is 0 Å². The molecule has 85 heavy (non-hydrogen) atoms. The number of aromatic hydroxyl groups is 18. The van der Waals surface area contributed by atoms with Crippen molar-refractivity contribution in [3.8, 4) is 121 Å². The van der Waals surface area contributed by atoms with Gasteiger partial charge in [-0.2, -0.15) is 0 Å². The fourth-order valence-corrected chi connectivity index (χ4v) is 11.0. The molecular formula is C59H46O26. The summed E-state index contributed by atoms with van der Waals surface area (Å²) < 4.78 is 32.1. The van der Waals surface area contributed by atoms with Crippen LogP contribution in [0.3, 0.4) is 0 Å². The maximum Gasteiger partial charge on any atom is 0.338 e. The van der Waals surface area contributed by atoms with Crippen molar-refractivity contribution in [1.29, 1.82) is 0 Å². The molecule has 0 aliphatic carbocycles. The van der Waals surface area contributed by atoms with E-state index in [9.17, 15) is 107 Å². The Hall–Kier alpha value is -11.5. The Labute approximate surface area is 475 Å². The van der Waals surface area contributed by atoms with Crippen LogP contribution in [-0.4, -0.2) is 127 Å². The lowest BCUT2D eigenvalue weighted by molar-refractivity contribution is -0.0339. The van der Waals surface area contributed by atoms with Crippen LogP contribution in [0.15, 0.2) is 103 Å². The summed E-state index contributed by atoms with van der Waals surface area (Å²) in [5.74, 6) is -24.3. The quantitative estimate of drug-likeness (QED) is 0.0548. The minimum Gasteiger partial charge on any atom is -0.508 e. The Bertz CT molecular complexity index is 4060. The fraction of sp³-hybridized carbons (Fsp3) is 0.153. The molecule has 0 saturated heterocycles. The molecule has 3 heterocycles. The monoisotopic (exact) mass is 1170 g/mol. The van der Waals surface area contributed by atoms with Gasteiger partial charge in [0.1, 0.15) is 57.8 Å². The third-order valence-electron chi connectivity index (χ3n) is 14.9. The SMILES string of the molecule is O=C(O[C@H]1[C@@H](c2c(O)cc(O)c3c2O[C@@H](c2ccc(O)c(O)c2)[C@@H](O)C3)c2c(O)cc(O)c([C@@H]3c4c(O)cc(O)cc4O[C@@H](c4ccc(O)c(O)c4)[C@H]3OC(=O)c3cc(O)c(O)c(O)c3)c2O[C@H]1c1ccc(O)c(O)c1)c1cc(O)c(O)c(O)c1. The first-order valence-corrected chi connectivity index (χ1v) is 25.2. The van der Waals surface area contributed by atoms with Crippen molar-refractivity contribution in [3.63, 3.8) is 0 Å². The predicted molar refractivity (Wildman–Crippen MR) is 283 cm³/mol. The van der Waals surface area contributed by atoms with Gasteiger partial charge in [-0.3, -0.25) is 0 Å². The Morgan fingerprint density at radius 1 is 0.365 bits per heavy atom. The van der Waals surface area contributed by atoms with E-state index in [-0.39, 0.29) is 22.3 Å². The maximum atomic E-state index is 14.7. The molecule has 3 aliphatic heterocycles. The van der Waals surface area contributed by atoms with Crippen LogP contribution in [0, 0.1) is 0 Å². The van der Waals surface area contributed by atoms with E-state index in [4.69, 9.17) is 23.7 Å². The smallest absolute Gasteiger partial charge is 0.338 e. The Morgan fingerprint density at radius 2 is 0.741 bits per heavy atom. The first kappa shape index (κ1) is 55.4. The lowest BCUT2D eigenvalue weighted by Crippen LogP contribution is -2.42. The minimum absolute atomic E-state index is 0.00381. The maximum absolute atomic E-state index is 14.7. The molecule has 0 saturated carbocycles. The summed E-state index contributed by atoms with van der Waals surface area (Å²) in [4.78, 5) is 29.3. The highest BCUT2D eigenvalue weighted by atomic mass is 16.6. The van der Waals surface area contributed by atoms with E-state index in [1.54, 1.807) is 0 Å². The van der Waals surface area contributed by atoms with E-state index in [1.807, 2.05) is 0 Å². The van der Waals surface area contributed by atoms with Crippen LogP contribution in [0.4, 0.5) is 0 Å². The molecule has 8 aromatic rings. The highest BCUT2D eigenvalue weighted by molar-refractivity contribution is 5.92. The number of carbonyl (C=O) groups excluding carboxylic acids is 2. The topological polar surface area (TPSA) is 465 Å². The lowest BCUT2D eigenvalue weighted by atomic mass is 9.73. The Kier molecular flexibility index (Phi) is 13.3. The second-order valence-electron chi connectivity index (χ2n) is 20.1. The molecule has 0 unspecified atom stereocenters. The number of benzene rings is 8. The largest absolute Gasteiger partial charge is 0.508 e. The van der Waals surface area contributed by atoms with Gasteiger partial charge in [-0.25, -0.2) is 9.59 Å². The van der Waals surface area contributed by atoms with Crippen LogP contribution in [0.1, 0.15) is 95.4 Å². The van der Waals surface area contributed by atoms with Crippen LogP contribution < -0.4 is 14.2 Å². The van der Waals surface area contributed by atoms with Gasteiger partial charge < -0.3 is 121 Å². The predicted octanol–water partition coefficient (Wildman–Crippen LogP) is 6.41. The third-order valence-corrected chi connectivity index (χ3v) is 14.9. The summed E-state index contributed by atoms with van der Waals surface area (Å²) >= 11 is 0. The standard InChI is InChI=1S/C59H46O26/c60-24-14-33(68)43-42(15-24)81-52(20-2-5-27(62)31(66)8-20)56(84-58(79)22-10-37(72)49(77)38(73)11-22)47(43)45-35(70)18-36(71)46-48(44-34(69)17-29(64)25-16-41(76)51(82-54(25)44)19-1-4-26(61)30(65)7-19)57(85-59(80)23-12-39(74)50(78)40(75)13-23)53(83-55(45)46)21-3-6-28(63)32(67)9-21/h1-15,17-18,41,47-48,51-53,56-57,60-78H,16H2/t41-,47-,48-,51-,52-,53-,56-,57-/m0/s1. The van der Waals surface area contributed by atoms with E-state index in [2.05, 4.69) is 0 Å². The summed E-state index contributed by atoms with van der Waals surface area (Å²) in [6.07, 6.45) is -11.8. The van der Waals surface area contributed by atoms with Gasteiger partial charge >= 0.3 is 11.9 Å². The molecule has 0 spiro atoms. The van der Waals surface area contributed by atoms with Gasteiger partial charge in [-0.05, 0) is 66.2 Å². The van der Waals surface area contributed by atoms with Crippen LogP contribution in [-0.2, 0) is 15.9 Å². The molecule has 0 bridgehead atoms. The number of phenols is 18. The number of aliphatic hydroxyl groups excluding tert-OH is 1. The Morgan fingerprint density at radius 3 is 1.19 bits per heavy atom. The van der Waals surface area contributed by atoms with E-state index < -0.39 is 221 Å². The minimum atomic E-state index is -2.15. The highest BCUT2D eigenvalue weighted by Gasteiger charge is 2.54. The number of rotatable bonds is 9. The van der Waals surface area contributed by atoms with Crippen molar-refractivity contribution < 1.29 is 130 Å². The van der Waals surface area contributed by atoms with E-state index in [1.165, 1.54) is 12.1 Å². The van der Waals surface area contributed by atoms with Crippen molar-refractivity contribution in [2.24, 2.45) is 0 Å². The molecule has 26 nitrogen and oxygen atoms in total. The van der Waals surface area contributed by atoms with Gasteiger partial charge in [-0.1, -0.05) is 18.2 Å². The van der Waals surface area contributed by atoms with E-state index in [0.29, 0.717) is 30.3 Å². The Balaban J connectivity index is 1.24. The summed E-state index contributed by atoms with van der Waals surface area (Å²) in [6, 6.07) is 15.5. The zero-order valence-corrected chi connectivity index (χ0v) is 43.0. The van der Waals surface area contributed by atoms with Gasteiger partial charge in [-0.15, -0.1) is 0 Å². The number of hydrogen-bond donors (Lipinski definition) is 19. The number of hydrogen-bond acceptors (Lipinski definition) is 26. The molecule has 0 aromatic heterocycles. The summed E-state index contributed by atoms with van der Waals surface area (Å²) in [5, 5.41) is 210. The summed E-state index contributed by atoms with van der Waals surface area (Å²) in [5.41, 5.74) is -4.30. The summed E-state index contributed by atoms with van der Waals surface area (Å²) in [6.45, 7) is 0. The van der Waals surface area contributed by atoms with Crippen LogP contribution in [0.5, 0.6) is 121 Å². The number of carbonyl (C=O) groups is 2. The second kappa shape index (κ2) is 20.5. The first-order chi connectivity index (χ1) is 40.3. The number of fused-ring (bicyclic) bond motifs is 3. The van der Waals surface area contributed by atoms with Crippen molar-refractivity contribution in [3.05, 3.63) is 159 Å². The average molecular weight is 1170 g/mol. The fourth-order valence-electron chi connectivity index (χ4n) is 11.0. The zero-order chi connectivity index (χ0) is 60.9. The van der Waals surface area contributed by atoms with Crippen molar-refractivity contribution in [1.82, 2.24) is 0 Å². The molecular weight excluding hydrogens is 1120 g/mol. The molecule has 11 rings (SSSR count). The molecule has 26 heteroatoms. The molecule has 0 amide bonds. The summed E-state index contributed by atoms with van der Waals surface area (Å²) in [7, 11) is 0. The third kappa shape index (κ3) is 9.42. The molecule has 3 aliphatic rings. The average Bonchev–Trinajstić information content (AvgIpc) is 1.19.